The van der Waals surface area contributed by atoms with Gasteiger partial charge in [-0.3, -0.25) is 10.1 Å². The molecule has 2 aromatic carbocycles. The molecule has 2 rings (SSSR count). The number of aromatic carboxylic acids is 1. The molecular formula is C14H11N3O4S. The fourth-order valence-electron chi connectivity index (χ4n) is 1.69. The second-order valence-corrected chi connectivity index (χ2v) is 4.68. The third-order valence-corrected chi connectivity index (χ3v) is 2.91. The minimum atomic E-state index is -1.01. The van der Waals surface area contributed by atoms with Gasteiger partial charge in [-0.05, 0) is 42.5 Å². The molecule has 0 aliphatic carbocycles. The van der Waals surface area contributed by atoms with Crippen molar-refractivity contribution in [1.29, 1.82) is 0 Å². The first-order valence-corrected chi connectivity index (χ1v) is 6.52. The molecule has 0 aliphatic rings. The van der Waals surface area contributed by atoms with Crippen molar-refractivity contribution >= 4 is 40.4 Å². The SMILES string of the molecule is O=C(O)c1ccc(NC(=S)Nc2cccc([N+](=O)[O-])c2)cc1. The molecule has 0 saturated heterocycles. The van der Waals surface area contributed by atoms with Crippen LogP contribution in [0.25, 0.3) is 0 Å². The van der Waals surface area contributed by atoms with Crippen LogP contribution in [0.1, 0.15) is 10.4 Å². The number of rotatable bonds is 4. The largest absolute Gasteiger partial charge is 0.478 e. The Morgan fingerprint density at radius 3 is 2.32 bits per heavy atom. The summed E-state index contributed by atoms with van der Waals surface area (Å²) in [5, 5.41) is 25.4. The Morgan fingerprint density at radius 2 is 1.73 bits per heavy atom. The van der Waals surface area contributed by atoms with Crippen LogP contribution in [0.15, 0.2) is 48.5 Å². The second kappa shape index (κ2) is 6.64. The highest BCUT2D eigenvalue weighted by atomic mass is 32.1. The standard InChI is InChI=1S/C14H11N3O4S/c18-13(19)9-4-6-10(7-5-9)15-14(22)16-11-2-1-3-12(8-11)17(20)21/h1-8H,(H,18,19)(H2,15,16,22). The predicted molar refractivity (Wildman–Crippen MR) is 86.3 cm³/mol. The first-order chi connectivity index (χ1) is 10.5. The van der Waals surface area contributed by atoms with Gasteiger partial charge in [0.2, 0.25) is 0 Å². The lowest BCUT2D eigenvalue weighted by atomic mass is 10.2. The summed E-state index contributed by atoms with van der Waals surface area (Å²) >= 11 is 5.10. The summed E-state index contributed by atoms with van der Waals surface area (Å²) < 4.78 is 0. The van der Waals surface area contributed by atoms with Gasteiger partial charge in [0.1, 0.15) is 0 Å². The van der Waals surface area contributed by atoms with E-state index in [1.54, 1.807) is 24.3 Å². The summed E-state index contributed by atoms with van der Waals surface area (Å²) in [6.07, 6.45) is 0. The third kappa shape index (κ3) is 4.00. The lowest BCUT2D eigenvalue weighted by Gasteiger charge is -2.10. The Hall–Kier alpha value is -3.00. The maximum atomic E-state index is 10.7. The van der Waals surface area contributed by atoms with Crippen LogP contribution in [-0.2, 0) is 0 Å². The molecular weight excluding hydrogens is 306 g/mol. The molecule has 0 heterocycles. The number of nitro groups is 1. The van der Waals surface area contributed by atoms with Gasteiger partial charge in [0.05, 0.1) is 10.5 Å². The number of carbonyl (C=O) groups is 1. The number of nitrogens with zero attached hydrogens (tertiary/aromatic N) is 1. The van der Waals surface area contributed by atoms with E-state index in [1.807, 2.05) is 0 Å². The Balaban J connectivity index is 2.02. The zero-order valence-electron chi connectivity index (χ0n) is 11.1. The molecule has 0 atom stereocenters. The Labute approximate surface area is 130 Å². The predicted octanol–water partition coefficient (Wildman–Crippen LogP) is 3.10. The van der Waals surface area contributed by atoms with Crippen molar-refractivity contribution in [2.75, 3.05) is 10.6 Å². The summed E-state index contributed by atoms with van der Waals surface area (Å²) in [5.41, 5.74) is 1.21. The number of anilines is 2. The van der Waals surface area contributed by atoms with Crippen LogP contribution in [0.3, 0.4) is 0 Å². The highest BCUT2D eigenvalue weighted by Gasteiger charge is 2.07. The van der Waals surface area contributed by atoms with Crippen LogP contribution in [-0.4, -0.2) is 21.1 Å². The lowest BCUT2D eigenvalue weighted by molar-refractivity contribution is -0.384. The number of nitro benzene ring substituents is 1. The van der Waals surface area contributed by atoms with Crippen LogP contribution in [0.5, 0.6) is 0 Å². The molecule has 0 aliphatic heterocycles. The summed E-state index contributed by atoms with van der Waals surface area (Å²) in [5.74, 6) is -1.01. The van der Waals surface area contributed by atoms with Gasteiger partial charge in [0, 0.05) is 23.5 Å². The van der Waals surface area contributed by atoms with Gasteiger partial charge in [0.15, 0.2) is 5.11 Å². The van der Waals surface area contributed by atoms with Gasteiger partial charge in [-0.2, -0.15) is 0 Å². The van der Waals surface area contributed by atoms with Crippen molar-refractivity contribution in [2.24, 2.45) is 0 Å². The average molecular weight is 317 g/mol. The van der Waals surface area contributed by atoms with Crippen LogP contribution in [0, 0.1) is 10.1 Å². The number of carboxylic acid groups (broad SMARTS) is 1. The van der Waals surface area contributed by atoms with E-state index in [0.717, 1.165) is 0 Å². The van der Waals surface area contributed by atoms with Crippen molar-refractivity contribution in [2.45, 2.75) is 0 Å². The molecule has 0 amide bonds. The Morgan fingerprint density at radius 1 is 1.09 bits per heavy atom. The number of hydrogen-bond acceptors (Lipinski definition) is 4. The quantitative estimate of drug-likeness (QED) is 0.452. The van der Waals surface area contributed by atoms with Gasteiger partial charge in [-0.25, -0.2) is 4.79 Å². The van der Waals surface area contributed by atoms with Crippen molar-refractivity contribution in [1.82, 2.24) is 0 Å². The van der Waals surface area contributed by atoms with Gasteiger partial charge in [-0.15, -0.1) is 0 Å². The normalized spacial score (nSPS) is 9.82. The molecule has 0 bridgehead atoms. The van der Waals surface area contributed by atoms with Crippen LogP contribution in [0.2, 0.25) is 0 Å². The van der Waals surface area contributed by atoms with E-state index in [0.29, 0.717) is 11.4 Å². The first-order valence-electron chi connectivity index (χ1n) is 6.11. The molecule has 0 saturated carbocycles. The summed E-state index contributed by atoms with van der Waals surface area (Å²) in [4.78, 5) is 21.0. The minimum absolute atomic E-state index is 0.0430. The summed E-state index contributed by atoms with van der Waals surface area (Å²) in [6, 6.07) is 12.0. The molecule has 0 radical (unpaired) electrons. The molecule has 0 aromatic heterocycles. The molecule has 112 valence electrons. The molecule has 8 heteroatoms. The first kappa shape index (κ1) is 15.4. The van der Waals surface area contributed by atoms with E-state index < -0.39 is 10.9 Å². The van der Waals surface area contributed by atoms with Crippen molar-refractivity contribution < 1.29 is 14.8 Å². The number of hydrogen-bond donors (Lipinski definition) is 3. The number of benzene rings is 2. The Kier molecular flexibility index (Phi) is 4.64. The molecule has 2 aromatic rings. The van der Waals surface area contributed by atoms with Gasteiger partial charge < -0.3 is 15.7 Å². The van der Waals surface area contributed by atoms with Gasteiger partial charge in [-0.1, -0.05) is 6.07 Å². The van der Waals surface area contributed by atoms with Crippen molar-refractivity contribution in [3.8, 4) is 0 Å². The van der Waals surface area contributed by atoms with Crippen LogP contribution in [0.4, 0.5) is 17.1 Å². The average Bonchev–Trinajstić information content (AvgIpc) is 2.47. The molecule has 3 N–H and O–H groups in total. The third-order valence-electron chi connectivity index (χ3n) is 2.70. The zero-order valence-corrected chi connectivity index (χ0v) is 12.0. The molecule has 0 spiro atoms. The fourth-order valence-corrected chi connectivity index (χ4v) is 1.92. The maximum absolute atomic E-state index is 10.7. The van der Waals surface area contributed by atoms with Crippen molar-refractivity contribution in [3.05, 3.63) is 64.2 Å². The summed E-state index contributed by atoms with van der Waals surface area (Å²) in [6.45, 7) is 0. The fraction of sp³-hybridized carbons (Fsp3) is 0. The van der Waals surface area contributed by atoms with Crippen LogP contribution < -0.4 is 10.6 Å². The highest BCUT2D eigenvalue weighted by molar-refractivity contribution is 7.80. The van der Waals surface area contributed by atoms with Crippen molar-refractivity contribution in [3.63, 3.8) is 0 Å². The minimum Gasteiger partial charge on any atom is -0.478 e. The smallest absolute Gasteiger partial charge is 0.335 e. The molecule has 22 heavy (non-hydrogen) atoms. The highest BCUT2D eigenvalue weighted by Crippen LogP contribution is 2.17. The van der Waals surface area contributed by atoms with E-state index >= 15 is 0 Å². The molecule has 7 nitrogen and oxygen atoms in total. The second-order valence-electron chi connectivity index (χ2n) is 4.27. The van der Waals surface area contributed by atoms with E-state index in [-0.39, 0.29) is 16.4 Å². The number of nitrogens with one attached hydrogen (secondary N) is 2. The Bertz CT molecular complexity index is 731. The summed E-state index contributed by atoms with van der Waals surface area (Å²) in [7, 11) is 0. The zero-order chi connectivity index (χ0) is 16.1. The maximum Gasteiger partial charge on any atom is 0.335 e. The lowest BCUT2D eigenvalue weighted by Crippen LogP contribution is -2.19. The monoisotopic (exact) mass is 317 g/mol. The van der Waals surface area contributed by atoms with Gasteiger partial charge >= 0.3 is 5.97 Å². The van der Waals surface area contributed by atoms with E-state index in [9.17, 15) is 14.9 Å². The van der Waals surface area contributed by atoms with E-state index in [2.05, 4.69) is 10.6 Å². The molecule has 0 unspecified atom stereocenters. The van der Waals surface area contributed by atoms with E-state index in [1.165, 1.54) is 24.3 Å². The topological polar surface area (TPSA) is 104 Å². The molecule has 0 fully saturated rings. The van der Waals surface area contributed by atoms with Crippen LogP contribution >= 0.6 is 12.2 Å². The van der Waals surface area contributed by atoms with Gasteiger partial charge in [0.25, 0.3) is 5.69 Å². The van der Waals surface area contributed by atoms with E-state index in [4.69, 9.17) is 17.3 Å². The number of non-ortho nitro benzene ring substituents is 1. The number of thiocarbonyl (C=S) groups is 1. The number of carboxylic acids is 1.